The molecule has 1 heterocycles. The molecular formula is C17H18N4. The lowest BCUT2D eigenvalue weighted by molar-refractivity contribution is 1.19. The minimum Gasteiger partial charge on any atom is -0.357 e. The Bertz CT molecular complexity index is 796. The molecule has 0 atom stereocenters. The monoisotopic (exact) mass is 278 g/mol. The van der Waals surface area contributed by atoms with Gasteiger partial charge in [0.15, 0.2) is 0 Å². The first-order valence-electron chi connectivity index (χ1n) is 6.97. The third-order valence-corrected chi connectivity index (χ3v) is 3.68. The normalized spacial score (nSPS) is 10.6. The highest BCUT2D eigenvalue weighted by atomic mass is 15.1. The van der Waals surface area contributed by atoms with Crippen LogP contribution in [0.25, 0.3) is 10.9 Å². The molecule has 4 heteroatoms. The number of aromatic nitrogens is 2. The first kappa shape index (κ1) is 13.4. The van der Waals surface area contributed by atoms with Crippen LogP contribution in [0.5, 0.6) is 0 Å². The Labute approximate surface area is 124 Å². The Morgan fingerprint density at radius 1 is 0.905 bits per heavy atom. The second kappa shape index (κ2) is 5.40. The largest absolute Gasteiger partial charge is 0.357 e. The Kier molecular flexibility index (Phi) is 3.44. The van der Waals surface area contributed by atoms with Gasteiger partial charge in [-0.15, -0.1) is 0 Å². The van der Waals surface area contributed by atoms with E-state index < -0.39 is 0 Å². The Morgan fingerprint density at radius 2 is 1.71 bits per heavy atom. The van der Waals surface area contributed by atoms with Gasteiger partial charge in [0, 0.05) is 18.1 Å². The summed E-state index contributed by atoms with van der Waals surface area (Å²) in [6.45, 7) is 4.22. The van der Waals surface area contributed by atoms with Gasteiger partial charge in [-0.25, -0.2) is 4.98 Å². The van der Waals surface area contributed by atoms with Gasteiger partial charge < -0.3 is 10.6 Å². The summed E-state index contributed by atoms with van der Waals surface area (Å²) in [5, 5.41) is 7.46. The van der Waals surface area contributed by atoms with Crippen molar-refractivity contribution in [3.63, 3.8) is 0 Å². The van der Waals surface area contributed by atoms with Gasteiger partial charge in [-0.3, -0.25) is 0 Å². The molecule has 0 aliphatic carbocycles. The van der Waals surface area contributed by atoms with Crippen LogP contribution in [0.4, 0.5) is 17.5 Å². The third-order valence-electron chi connectivity index (χ3n) is 3.68. The van der Waals surface area contributed by atoms with Crippen LogP contribution in [-0.2, 0) is 0 Å². The predicted octanol–water partition coefficient (Wildman–Crippen LogP) is 4.03. The quantitative estimate of drug-likeness (QED) is 0.759. The Hall–Kier alpha value is -2.62. The second-order valence-corrected chi connectivity index (χ2v) is 5.04. The summed E-state index contributed by atoms with van der Waals surface area (Å²) in [6, 6.07) is 14.2. The van der Waals surface area contributed by atoms with Crippen molar-refractivity contribution in [1.29, 1.82) is 0 Å². The standard InChI is InChI=1S/C17H18N4/c1-11-7-6-10-14(12(11)2)19-16-13-8-4-5-9-15(13)20-17(18-3)21-16/h4-10H,1-3H3,(H2,18,19,20,21). The van der Waals surface area contributed by atoms with Gasteiger partial charge in [0.2, 0.25) is 5.95 Å². The molecule has 0 radical (unpaired) electrons. The molecular weight excluding hydrogens is 260 g/mol. The zero-order valence-corrected chi connectivity index (χ0v) is 12.4. The Morgan fingerprint density at radius 3 is 2.52 bits per heavy atom. The van der Waals surface area contributed by atoms with Crippen LogP contribution < -0.4 is 10.6 Å². The van der Waals surface area contributed by atoms with E-state index in [-0.39, 0.29) is 0 Å². The molecule has 4 nitrogen and oxygen atoms in total. The maximum atomic E-state index is 4.55. The second-order valence-electron chi connectivity index (χ2n) is 5.04. The minimum absolute atomic E-state index is 0.613. The van der Waals surface area contributed by atoms with Gasteiger partial charge in [0.05, 0.1) is 5.52 Å². The summed E-state index contributed by atoms with van der Waals surface area (Å²) in [5.74, 6) is 1.43. The van der Waals surface area contributed by atoms with E-state index in [1.807, 2.05) is 37.4 Å². The number of para-hydroxylation sites is 1. The average molecular weight is 278 g/mol. The molecule has 3 aromatic rings. The molecule has 0 saturated heterocycles. The van der Waals surface area contributed by atoms with E-state index in [4.69, 9.17) is 0 Å². The van der Waals surface area contributed by atoms with Gasteiger partial charge in [0.25, 0.3) is 0 Å². The van der Waals surface area contributed by atoms with E-state index in [1.54, 1.807) is 0 Å². The molecule has 0 amide bonds. The fourth-order valence-electron chi connectivity index (χ4n) is 2.30. The molecule has 0 unspecified atom stereocenters. The van der Waals surface area contributed by atoms with E-state index in [9.17, 15) is 0 Å². The lowest BCUT2D eigenvalue weighted by atomic mass is 10.1. The number of anilines is 3. The van der Waals surface area contributed by atoms with E-state index >= 15 is 0 Å². The smallest absolute Gasteiger partial charge is 0.224 e. The molecule has 3 rings (SSSR count). The van der Waals surface area contributed by atoms with Crippen molar-refractivity contribution in [3.8, 4) is 0 Å². The first-order valence-corrected chi connectivity index (χ1v) is 6.97. The van der Waals surface area contributed by atoms with E-state index in [0.29, 0.717) is 5.95 Å². The van der Waals surface area contributed by atoms with Crippen LogP contribution >= 0.6 is 0 Å². The highest BCUT2D eigenvalue weighted by molar-refractivity contribution is 5.92. The van der Waals surface area contributed by atoms with Gasteiger partial charge in [-0.1, -0.05) is 24.3 Å². The molecule has 106 valence electrons. The topological polar surface area (TPSA) is 49.8 Å². The summed E-state index contributed by atoms with van der Waals surface area (Å²) < 4.78 is 0. The van der Waals surface area contributed by atoms with E-state index in [2.05, 4.69) is 46.6 Å². The fraction of sp³-hybridized carbons (Fsp3) is 0.176. The summed E-state index contributed by atoms with van der Waals surface area (Å²) in [5.41, 5.74) is 4.48. The van der Waals surface area contributed by atoms with E-state index in [0.717, 1.165) is 22.4 Å². The molecule has 0 aliphatic heterocycles. The number of hydrogen-bond donors (Lipinski definition) is 2. The highest BCUT2D eigenvalue weighted by Gasteiger charge is 2.08. The van der Waals surface area contributed by atoms with Crippen molar-refractivity contribution in [2.24, 2.45) is 0 Å². The van der Waals surface area contributed by atoms with Gasteiger partial charge in [0.1, 0.15) is 5.82 Å². The first-order chi connectivity index (χ1) is 10.2. The van der Waals surface area contributed by atoms with Crippen molar-refractivity contribution in [1.82, 2.24) is 9.97 Å². The Balaban J connectivity index is 2.13. The van der Waals surface area contributed by atoms with Gasteiger partial charge in [-0.2, -0.15) is 4.98 Å². The maximum Gasteiger partial charge on any atom is 0.224 e. The van der Waals surface area contributed by atoms with Crippen LogP contribution in [0.2, 0.25) is 0 Å². The van der Waals surface area contributed by atoms with Crippen LogP contribution in [0.1, 0.15) is 11.1 Å². The minimum atomic E-state index is 0.613. The number of hydrogen-bond acceptors (Lipinski definition) is 4. The molecule has 1 aromatic heterocycles. The fourth-order valence-corrected chi connectivity index (χ4v) is 2.30. The molecule has 0 aliphatic rings. The number of nitrogens with zero attached hydrogens (tertiary/aromatic N) is 2. The average Bonchev–Trinajstić information content (AvgIpc) is 2.51. The zero-order valence-electron chi connectivity index (χ0n) is 12.4. The number of rotatable bonds is 3. The SMILES string of the molecule is CNc1nc(Nc2cccc(C)c2C)c2ccccc2n1. The molecule has 0 bridgehead atoms. The van der Waals surface area contributed by atoms with Crippen molar-refractivity contribution >= 4 is 28.4 Å². The maximum absolute atomic E-state index is 4.55. The molecule has 2 N–H and O–H groups in total. The summed E-state index contributed by atoms with van der Waals surface area (Å²) in [6.07, 6.45) is 0. The van der Waals surface area contributed by atoms with Gasteiger partial charge in [-0.05, 0) is 43.2 Å². The molecule has 0 fully saturated rings. The van der Waals surface area contributed by atoms with Crippen LogP contribution in [0, 0.1) is 13.8 Å². The number of fused-ring (bicyclic) bond motifs is 1. The predicted molar refractivity (Wildman–Crippen MR) is 88.3 cm³/mol. The number of aryl methyl sites for hydroxylation is 1. The van der Waals surface area contributed by atoms with E-state index in [1.165, 1.54) is 11.1 Å². The molecule has 0 saturated carbocycles. The molecule has 2 aromatic carbocycles. The van der Waals surface area contributed by atoms with Crippen molar-refractivity contribution < 1.29 is 0 Å². The summed E-state index contributed by atoms with van der Waals surface area (Å²) >= 11 is 0. The summed E-state index contributed by atoms with van der Waals surface area (Å²) in [4.78, 5) is 9.03. The molecule has 0 spiro atoms. The lowest BCUT2D eigenvalue weighted by Crippen LogP contribution is -2.03. The van der Waals surface area contributed by atoms with Crippen LogP contribution in [-0.4, -0.2) is 17.0 Å². The summed E-state index contributed by atoms with van der Waals surface area (Å²) in [7, 11) is 1.83. The van der Waals surface area contributed by atoms with Crippen LogP contribution in [0.15, 0.2) is 42.5 Å². The van der Waals surface area contributed by atoms with Crippen molar-refractivity contribution in [2.45, 2.75) is 13.8 Å². The number of benzene rings is 2. The van der Waals surface area contributed by atoms with Crippen LogP contribution in [0.3, 0.4) is 0 Å². The van der Waals surface area contributed by atoms with Crippen molar-refractivity contribution in [3.05, 3.63) is 53.6 Å². The van der Waals surface area contributed by atoms with Crippen molar-refractivity contribution in [2.75, 3.05) is 17.7 Å². The zero-order chi connectivity index (χ0) is 14.8. The van der Waals surface area contributed by atoms with Gasteiger partial charge >= 0.3 is 0 Å². The third kappa shape index (κ3) is 2.52. The lowest BCUT2D eigenvalue weighted by Gasteiger charge is -2.13. The number of nitrogens with one attached hydrogen (secondary N) is 2. The molecule has 21 heavy (non-hydrogen) atoms. The highest BCUT2D eigenvalue weighted by Crippen LogP contribution is 2.27.